The number of benzene rings is 1. The van der Waals surface area contributed by atoms with Crippen LogP contribution in [0, 0.1) is 17.8 Å². The van der Waals surface area contributed by atoms with Gasteiger partial charge in [-0.25, -0.2) is 0 Å². The molecular weight excluding hydrogens is 316 g/mol. The Morgan fingerprint density at radius 1 is 1.16 bits per heavy atom. The number of carboxylic acids is 1. The number of carboxylic acid groups (broad SMARTS) is 1. The van der Waals surface area contributed by atoms with Crippen molar-refractivity contribution in [1.29, 1.82) is 0 Å². The zero-order valence-corrected chi connectivity index (χ0v) is 14.9. The molecule has 0 amide bonds. The molecule has 1 aromatic carbocycles. The first-order valence-electron chi connectivity index (χ1n) is 9.51. The third kappa shape index (κ3) is 3.47. The highest BCUT2D eigenvalue weighted by Gasteiger charge is 2.47. The fraction of sp³-hybridized carbons (Fsp3) is 0.650. The van der Waals surface area contributed by atoms with Crippen molar-refractivity contribution in [3.63, 3.8) is 0 Å². The van der Waals surface area contributed by atoms with Crippen molar-refractivity contribution >= 4 is 11.7 Å². The number of likely N-dealkylation sites (tertiary alicyclic amines) is 1. The molecule has 2 heterocycles. The summed E-state index contributed by atoms with van der Waals surface area (Å²) in [5.41, 5.74) is 1.22. The maximum absolute atomic E-state index is 11.6. The highest BCUT2D eigenvalue weighted by Crippen LogP contribution is 2.45. The van der Waals surface area contributed by atoms with E-state index in [1.54, 1.807) is 7.11 Å². The molecule has 3 aliphatic rings. The molecule has 2 aliphatic heterocycles. The summed E-state index contributed by atoms with van der Waals surface area (Å²) in [4.78, 5) is 16.5. The van der Waals surface area contributed by atoms with Gasteiger partial charge < -0.3 is 14.7 Å². The van der Waals surface area contributed by atoms with Gasteiger partial charge in [-0.15, -0.1) is 0 Å². The van der Waals surface area contributed by atoms with Crippen LogP contribution in [0.1, 0.15) is 25.7 Å². The summed E-state index contributed by atoms with van der Waals surface area (Å²) >= 11 is 0. The molecule has 0 spiro atoms. The third-order valence-electron chi connectivity index (χ3n) is 6.34. The van der Waals surface area contributed by atoms with E-state index in [0.717, 1.165) is 44.8 Å². The minimum Gasteiger partial charge on any atom is -0.497 e. The molecule has 3 fully saturated rings. The Morgan fingerprint density at radius 3 is 2.56 bits per heavy atom. The molecule has 2 atom stereocenters. The number of nitrogens with zero attached hydrogens (tertiary/aromatic N) is 2. The van der Waals surface area contributed by atoms with E-state index in [9.17, 15) is 9.90 Å². The molecule has 0 bridgehead atoms. The number of rotatable bonds is 5. The molecule has 0 radical (unpaired) electrons. The number of aliphatic carboxylic acids is 1. The van der Waals surface area contributed by atoms with E-state index in [-0.39, 0.29) is 5.92 Å². The molecule has 1 aliphatic carbocycles. The van der Waals surface area contributed by atoms with Crippen molar-refractivity contribution in [2.75, 3.05) is 38.2 Å². The van der Waals surface area contributed by atoms with Crippen LogP contribution in [0.2, 0.25) is 0 Å². The summed E-state index contributed by atoms with van der Waals surface area (Å²) in [6.45, 7) is 3.80. The van der Waals surface area contributed by atoms with E-state index in [1.165, 1.54) is 18.5 Å². The van der Waals surface area contributed by atoms with Crippen LogP contribution in [0.25, 0.3) is 0 Å². The monoisotopic (exact) mass is 344 g/mol. The van der Waals surface area contributed by atoms with Gasteiger partial charge in [0.2, 0.25) is 0 Å². The maximum atomic E-state index is 11.6. The van der Waals surface area contributed by atoms with Crippen molar-refractivity contribution in [2.24, 2.45) is 17.8 Å². The lowest BCUT2D eigenvalue weighted by Crippen LogP contribution is -2.44. The average molecular weight is 344 g/mol. The van der Waals surface area contributed by atoms with Crippen molar-refractivity contribution in [3.8, 4) is 5.75 Å². The third-order valence-corrected chi connectivity index (χ3v) is 6.34. The van der Waals surface area contributed by atoms with Gasteiger partial charge in [0.25, 0.3) is 0 Å². The second-order valence-corrected chi connectivity index (χ2v) is 7.82. The van der Waals surface area contributed by atoms with Crippen molar-refractivity contribution in [3.05, 3.63) is 24.3 Å². The first-order chi connectivity index (χ1) is 12.2. The summed E-state index contributed by atoms with van der Waals surface area (Å²) < 4.78 is 5.33. The van der Waals surface area contributed by atoms with Crippen LogP contribution in [0.4, 0.5) is 5.69 Å². The normalized spacial score (nSPS) is 28.3. The lowest BCUT2D eigenvalue weighted by molar-refractivity contribution is -0.142. The highest BCUT2D eigenvalue weighted by molar-refractivity contribution is 5.71. The molecule has 0 unspecified atom stereocenters. The lowest BCUT2D eigenvalue weighted by atomic mass is 9.92. The van der Waals surface area contributed by atoms with Gasteiger partial charge in [-0.2, -0.15) is 0 Å². The van der Waals surface area contributed by atoms with Crippen LogP contribution in [-0.2, 0) is 4.79 Å². The molecular formula is C20H28N2O3. The van der Waals surface area contributed by atoms with Crippen LogP contribution >= 0.6 is 0 Å². The molecule has 1 aromatic rings. The maximum Gasteiger partial charge on any atom is 0.308 e. The zero-order valence-electron chi connectivity index (χ0n) is 14.9. The molecule has 25 heavy (non-hydrogen) atoms. The van der Waals surface area contributed by atoms with Crippen LogP contribution in [0.5, 0.6) is 5.75 Å². The van der Waals surface area contributed by atoms with Gasteiger partial charge in [-0.1, -0.05) is 6.07 Å². The first-order valence-corrected chi connectivity index (χ1v) is 9.51. The number of hydrogen-bond acceptors (Lipinski definition) is 4. The van der Waals surface area contributed by atoms with Gasteiger partial charge in [0, 0.05) is 44.0 Å². The molecule has 0 aromatic heterocycles. The van der Waals surface area contributed by atoms with Gasteiger partial charge in [0.05, 0.1) is 13.0 Å². The molecule has 1 saturated carbocycles. The fourth-order valence-electron chi connectivity index (χ4n) is 4.72. The fourth-order valence-corrected chi connectivity index (χ4v) is 4.72. The SMILES string of the molecule is COc1cccc(N2CCC(N3C[C@H](C(=O)O)[C@@H](C4CC4)C3)CC2)c1. The highest BCUT2D eigenvalue weighted by atomic mass is 16.5. The van der Waals surface area contributed by atoms with E-state index in [0.29, 0.717) is 17.9 Å². The van der Waals surface area contributed by atoms with Crippen LogP contribution in [0.3, 0.4) is 0 Å². The second kappa shape index (κ2) is 6.87. The van der Waals surface area contributed by atoms with E-state index >= 15 is 0 Å². The Hall–Kier alpha value is -1.75. The number of anilines is 1. The smallest absolute Gasteiger partial charge is 0.308 e. The predicted octanol–water partition coefficient (Wildman–Crippen LogP) is 2.71. The minimum absolute atomic E-state index is 0.149. The van der Waals surface area contributed by atoms with Gasteiger partial charge in [-0.05, 0) is 49.7 Å². The minimum atomic E-state index is -0.590. The van der Waals surface area contributed by atoms with Crippen molar-refractivity contribution in [1.82, 2.24) is 4.90 Å². The van der Waals surface area contributed by atoms with Crippen LogP contribution < -0.4 is 9.64 Å². The molecule has 1 N–H and O–H groups in total. The number of ether oxygens (including phenoxy) is 1. The summed E-state index contributed by atoms with van der Waals surface area (Å²) in [6.07, 6.45) is 4.69. The first kappa shape index (κ1) is 16.7. The number of hydrogen-bond donors (Lipinski definition) is 1. The number of carbonyl (C=O) groups is 1. The van der Waals surface area contributed by atoms with Crippen LogP contribution in [-0.4, -0.2) is 55.3 Å². The van der Waals surface area contributed by atoms with Gasteiger partial charge in [-0.3, -0.25) is 9.69 Å². The zero-order chi connectivity index (χ0) is 17.4. The molecule has 136 valence electrons. The van der Waals surface area contributed by atoms with Crippen molar-refractivity contribution in [2.45, 2.75) is 31.7 Å². The van der Waals surface area contributed by atoms with E-state index < -0.39 is 5.97 Å². The Kier molecular flexibility index (Phi) is 4.59. The Balaban J connectivity index is 1.36. The quantitative estimate of drug-likeness (QED) is 0.890. The lowest BCUT2D eigenvalue weighted by Gasteiger charge is -2.38. The van der Waals surface area contributed by atoms with E-state index in [4.69, 9.17) is 4.74 Å². The summed E-state index contributed by atoms with van der Waals surface area (Å²) in [6, 6.07) is 8.79. The average Bonchev–Trinajstić information content (AvgIpc) is 3.40. The molecule has 5 heteroatoms. The summed E-state index contributed by atoms with van der Waals surface area (Å²) in [5, 5.41) is 9.57. The topological polar surface area (TPSA) is 53.0 Å². The van der Waals surface area contributed by atoms with Gasteiger partial charge >= 0.3 is 5.97 Å². The molecule has 5 nitrogen and oxygen atoms in total. The van der Waals surface area contributed by atoms with Crippen LogP contribution in [0.15, 0.2) is 24.3 Å². The Morgan fingerprint density at radius 2 is 1.92 bits per heavy atom. The number of methoxy groups -OCH3 is 1. The molecule has 2 saturated heterocycles. The largest absolute Gasteiger partial charge is 0.497 e. The number of piperidine rings is 1. The van der Waals surface area contributed by atoms with Gasteiger partial charge in [0.15, 0.2) is 0 Å². The Bertz CT molecular complexity index is 623. The summed E-state index contributed by atoms with van der Waals surface area (Å²) in [7, 11) is 1.70. The molecule has 4 rings (SSSR count). The van der Waals surface area contributed by atoms with Crippen molar-refractivity contribution < 1.29 is 14.6 Å². The van der Waals surface area contributed by atoms with E-state index in [1.807, 2.05) is 12.1 Å². The summed E-state index contributed by atoms with van der Waals surface area (Å²) in [5.74, 6) is 1.21. The van der Waals surface area contributed by atoms with Gasteiger partial charge in [0.1, 0.15) is 5.75 Å². The van der Waals surface area contributed by atoms with E-state index in [2.05, 4.69) is 21.9 Å². The standard InChI is InChI=1S/C20H28N2O3/c1-25-17-4-2-3-16(11-17)21-9-7-15(8-10-21)22-12-18(14-5-6-14)19(13-22)20(23)24/h2-4,11,14-15,18-19H,5-10,12-13H2,1H3,(H,23,24)/t18-,19+/m1/s1. The Labute approximate surface area is 149 Å². The predicted molar refractivity (Wildman–Crippen MR) is 97.1 cm³/mol. The second-order valence-electron chi connectivity index (χ2n) is 7.82.